The number of aliphatic imine (C=N–C) groups is 1. The molecule has 0 spiro atoms. The summed E-state index contributed by atoms with van der Waals surface area (Å²) in [4.78, 5) is 69.2. The van der Waals surface area contributed by atoms with Crippen LogP contribution in [-0.4, -0.2) is 90.5 Å². The molecule has 44 heavy (non-hydrogen) atoms. The number of nitrogens with zero attached hydrogens (tertiary/aromatic N) is 3. The molecular formula is C27H37N11O6. The first-order valence-electron chi connectivity index (χ1n) is 13.7. The van der Waals surface area contributed by atoms with E-state index in [1.807, 2.05) is 0 Å². The van der Waals surface area contributed by atoms with Gasteiger partial charge in [0.05, 0.1) is 18.7 Å². The van der Waals surface area contributed by atoms with E-state index in [0.717, 1.165) is 0 Å². The third-order valence-electron chi connectivity index (χ3n) is 6.51. The van der Waals surface area contributed by atoms with Crippen LogP contribution < -0.4 is 33.2 Å². The van der Waals surface area contributed by atoms with Crippen molar-refractivity contribution >= 4 is 29.7 Å². The number of carboxylic acids is 1. The Morgan fingerprint density at radius 1 is 0.818 bits per heavy atom. The second-order valence-electron chi connectivity index (χ2n) is 10.0. The van der Waals surface area contributed by atoms with E-state index in [4.69, 9.17) is 17.2 Å². The fraction of sp³-hybridized carbons (Fsp3) is 0.370. The highest BCUT2D eigenvalue weighted by atomic mass is 16.4. The Bertz CT molecular complexity index is 1390. The summed E-state index contributed by atoms with van der Waals surface area (Å²) in [7, 11) is 0. The molecular weight excluding hydrogens is 574 g/mol. The fourth-order valence-electron chi connectivity index (χ4n) is 4.21. The molecule has 4 atom stereocenters. The maximum atomic E-state index is 13.6. The molecule has 3 rings (SSSR count). The van der Waals surface area contributed by atoms with E-state index < -0.39 is 47.9 Å². The van der Waals surface area contributed by atoms with Gasteiger partial charge >= 0.3 is 5.97 Å². The van der Waals surface area contributed by atoms with Gasteiger partial charge in [-0.2, -0.15) is 0 Å². The SMILES string of the molecule is NC(N)=NCCCC(NC(=O)C(Cc1cnc[nH]1)NC(=O)C(Cc1ccc(O)cc1)NC(=O)C(N)Cc1cnc[nH]1)C(=O)O. The summed E-state index contributed by atoms with van der Waals surface area (Å²) in [5.41, 5.74) is 18.4. The summed E-state index contributed by atoms with van der Waals surface area (Å²) < 4.78 is 0. The van der Waals surface area contributed by atoms with Gasteiger partial charge in [-0.1, -0.05) is 12.1 Å². The van der Waals surface area contributed by atoms with E-state index in [1.165, 1.54) is 37.2 Å². The van der Waals surface area contributed by atoms with Crippen molar-refractivity contribution in [3.63, 3.8) is 0 Å². The number of guanidine groups is 1. The Kier molecular flexibility index (Phi) is 12.2. The molecule has 1 aromatic carbocycles. The minimum absolute atomic E-state index is 0.00439. The molecule has 0 saturated heterocycles. The molecule has 17 nitrogen and oxygen atoms in total. The lowest BCUT2D eigenvalue weighted by atomic mass is 10.0. The number of imidazole rings is 2. The Balaban J connectivity index is 1.78. The zero-order chi connectivity index (χ0) is 32.1. The molecule has 2 aromatic heterocycles. The molecule has 17 heteroatoms. The average Bonchev–Trinajstić information content (AvgIpc) is 3.69. The summed E-state index contributed by atoms with van der Waals surface area (Å²) in [5.74, 6) is -3.52. The van der Waals surface area contributed by atoms with Crippen molar-refractivity contribution in [2.24, 2.45) is 22.2 Å². The zero-order valence-corrected chi connectivity index (χ0v) is 23.8. The molecule has 0 fully saturated rings. The van der Waals surface area contributed by atoms with Crippen LogP contribution in [0, 0.1) is 0 Å². The number of hydrogen-bond acceptors (Lipinski definition) is 9. The third kappa shape index (κ3) is 10.8. The van der Waals surface area contributed by atoms with Crippen molar-refractivity contribution in [3.05, 3.63) is 66.3 Å². The van der Waals surface area contributed by atoms with Crippen LogP contribution in [0.4, 0.5) is 0 Å². The molecule has 0 radical (unpaired) electrons. The van der Waals surface area contributed by atoms with Crippen LogP contribution in [0.5, 0.6) is 5.75 Å². The minimum Gasteiger partial charge on any atom is -0.508 e. The van der Waals surface area contributed by atoms with Crippen LogP contribution in [0.2, 0.25) is 0 Å². The number of aromatic hydroxyl groups is 1. The standard InChI is InChI=1S/C27H37N11O6/c28-19(9-16-11-31-13-34-16)23(40)37-21(8-15-3-5-18(39)6-4-15)24(41)38-22(10-17-12-32-14-35-17)25(42)36-20(26(43)44)2-1-7-33-27(29)30/h3-6,11-14,19-22,39H,1-2,7-10,28H2,(H,31,34)(H,32,35)(H,36,42)(H,37,40)(H,38,41)(H,43,44)(H4,29,30,33). The average molecular weight is 612 g/mol. The van der Waals surface area contributed by atoms with Crippen LogP contribution in [0.25, 0.3) is 0 Å². The van der Waals surface area contributed by atoms with Crippen LogP contribution in [-0.2, 0) is 38.4 Å². The van der Waals surface area contributed by atoms with Crippen molar-refractivity contribution in [2.45, 2.75) is 56.3 Å². The van der Waals surface area contributed by atoms with Crippen LogP contribution in [0.3, 0.4) is 0 Å². The number of H-pyrrole nitrogens is 2. The van der Waals surface area contributed by atoms with Crippen molar-refractivity contribution in [1.29, 1.82) is 0 Å². The molecule has 4 unspecified atom stereocenters. The second-order valence-corrected chi connectivity index (χ2v) is 10.0. The molecule has 0 aliphatic rings. The maximum absolute atomic E-state index is 13.6. The van der Waals surface area contributed by atoms with E-state index in [2.05, 4.69) is 40.9 Å². The van der Waals surface area contributed by atoms with Crippen molar-refractivity contribution in [2.75, 3.05) is 6.54 Å². The van der Waals surface area contributed by atoms with Crippen LogP contribution >= 0.6 is 0 Å². The van der Waals surface area contributed by atoms with Gasteiger partial charge in [0.2, 0.25) is 17.7 Å². The monoisotopic (exact) mass is 611 g/mol. The largest absolute Gasteiger partial charge is 0.508 e. The lowest BCUT2D eigenvalue weighted by Crippen LogP contribution is -2.58. The number of rotatable bonds is 17. The van der Waals surface area contributed by atoms with E-state index in [0.29, 0.717) is 17.0 Å². The molecule has 0 aliphatic carbocycles. The number of phenols is 1. The minimum atomic E-state index is -1.29. The first kappa shape index (κ1) is 33.1. The molecule has 236 valence electrons. The molecule has 0 aliphatic heterocycles. The highest BCUT2D eigenvalue weighted by molar-refractivity contribution is 5.94. The Labute approximate surface area is 252 Å². The van der Waals surface area contributed by atoms with Gasteiger partial charge < -0.3 is 53.3 Å². The number of carbonyl (C=O) groups excluding carboxylic acids is 3. The fourth-order valence-corrected chi connectivity index (χ4v) is 4.21. The van der Waals surface area contributed by atoms with Crippen molar-refractivity contribution in [3.8, 4) is 5.75 Å². The third-order valence-corrected chi connectivity index (χ3v) is 6.51. The van der Waals surface area contributed by atoms with Gasteiger partial charge in [-0.3, -0.25) is 19.4 Å². The highest BCUT2D eigenvalue weighted by Crippen LogP contribution is 2.12. The first-order chi connectivity index (χ1) is 21.0. The number of aromatic nitrogens is 4. The van der Waals surface area contributed by atoms with E-state index in [9.17, 15) is 29.4 Å². The number of amides is 3. The molecule has 3 aromatic rings. The number of aliphatic carboxylic acids is 1. The number of aromatic amines is 2. The number of phenolic OH excluding ortho intramolecular Hbond substituents is 1. The second kappa shape index (κ2) is 16.3. The lowest BCUT2D eigenvalue weighted by molar-refractivity contribution is -0.142. The summed E-state index contributed by atoms with van der Waals surface area (Å²) in [5, 5.41) is 27.1. The van der Waals surface area contributed by atoms with Gasteiger partial charge in [0.15, 0.2) is 5.96 Å². The van der Waals surface area contributed by atoms with Gasteiger partial charge in [-0.15, -0.1) is 0 Å². The molecule has 13 N–H and O–H groups in total. The van der Waals surface area contributed by atoms with Gasteiger partial charge in [-0.05, 0) is 30.5 Å². The molecule has 2 heterocycles. The molecule has 0 bridgehead atoms. The summed E-state index contributed by atoms with van der Waals surface area (Å²) in [6.45, 7) is 0.164. The van der Waals surface area contributed by atoms with Gasteiger partial charge in [-0.25, -0.2) is 14.8 Å². The predicted octanol–water partition coefficient (Wildman–Crippen LogP) is -2.21. The Hall–Kier alpha value is -5.45. The van der Waals surface area contributed by atoms with Gasteiger partial charge in [0.1, 0.15) is 23.9 Å². The number of nitrogens with two attached hydrogens (primary N) is 3. The van der Waals surface area contributed by atoms with E-state index in [-0.39, 0.29) is 50.4 Å². The number of benzene rings is 1. The maximum Gasteiger partial charge on any atom is 0.326 e. The summed E-state index contributed by atoms with van der Waals surface area (Å²) in [6.07, 6.45) is 6.19. The smallest absolute Gasteiger partial charge is 0.326 e. The van der Waals surface area contributed by atoms with E-state index in [1.54, 1.807) is 12.1 Å². The first-order valence-corrected chi connectivity index (χ1v) is 13.7. The van der Waals surface area contributed by atoms with Gasteiger partial charge in [0.25, 0.3) is 0 Å². The molecule has 0 saturated carbocycles. The van der Waals surface area contributed by atoms with Gasteiger partial charge in [0, 0.05) is 49.6 Å². The number of nitrogens with one attached hydrogen (secondary N) is 5. The van der Waals surface area contributed by atoms with Crippen molar-refractivity contribution < 1.29 is 29.4 Å². The molecule has 3 amide bonds. The van der Waals surface area contributed by atoms with Crippen molar-refractivity contribution in [1.82, 2.24) is 35.9 Å². The van der Waals surface area contributed by atoms with Crippen LogP contribution in [0.15, 0.2) is 54.3 Å². The zero-order valence-electron chi connectivity index (χ0n) is 23.8. The summed E-state index contributed by atoms with van der Waals surface area (Å²) >= 11 is 0. The topological polar surface area (TPSA) is 293 Å². The Morgan fingerprint density at radius 3 is 1.91 bits per heavy atom. The number of carboxylic acid groups (broad SMARTS) is 1. The highest BCUT2D eigenvalue weighted by Gasteiger charge is 2.31. The number of hydrogen-bond donors (Lipinski definition) is 10. The summed E-state index contributed by atoms with van der Waals surface area (Å²) in [6, 6.07) is 1.29. The van der Waals surface area contributed by atoms with E-state index >= 15 is 0 Å². The Morgan fingerprint density at radius 2 is 1.36 bits per heavy atom. The quantitative estimate of drug-likeness (QED) is 0.0443. The van der Waals surface area contributed by atoms with Crippen LogP contribution in [0.1, 0.15) is 29.8 Å². The lowest BCUT2D eigenvalue weighted by Gasteiger charge is -2.25. The predicted molar refractivity (Wildman–Crippen MR) is 158 cm³/mol. The number of carbonyl (C=O) groups is 4. The normalized spacial score (nSPS) is 13.6.